The van der Waals surface area contributed by atoms with Crippen molar-refractivity contribution in [2.45, 2.75) is 33.2 Å². The normalized spacial score (nSPS) is 13.6. The van der Waals surface area contributed by atoms with E-state index in [2.05, 4.69) is 14.9 Å². The van der Waals surface area contributed by atoms with Crippen molar-refractivity contribution in [1.82, 2.24) is 19.9 Å². The molecule has 140 valence electrons. The second-order valence-corrected chi connectivity index (χ2v) is 6.81. The van der Waals surface area contributed by atoms with Gasteiger partial charge in [-0.3, -0.25) is 9.78 Å². The number of amides is 1. The molecule has 0 saturated carbocycles. The highest BCUT2D eigenvalue weighted by molar-refractivity contribution is 5.85. The number of hydrogen-bond acceptors (Lipinski definition) is 5. The summed E-state index contributed by atoms with van der Waals surface area (Å²) in [5.74, 6) is 0.840. The molecule has 3 heterocycles. The number of aromatic nitrogens is 3. The summed E-state index contributed by atoms with van der Waals surface area (Å²) in [7, 11) is 1.83. The highest BCUT2D eigenvalue weighted by Crippen LogP contribution is 2.25. The lowest BCUT2D eigenvalue weighted by atomic mass is 10.1. The molecule has 3 rings (SSSR count). The molecule has 0 spiro atoms. The maximum Gasteiger partial charge on any atom is 0.225 e. The molecule has 0 atom stereocenters. The number of pyridine rings is 1. The minimum absolute atomic E-state index is 0. The summed E-state index contributed by atoms with van der Waals surface area (Å²) in [5.41, 5.74) is 2.84. The Morgan fingerprint density at radius 3 is 2.50 bits per heavy atom. The van der Waals surface area contributed by atoms with Gasteiger partial charge in [0.15, 0.2) is 0 Å². The lowest BCUT2D eigenvalue weighted by Crippen LogP contribution is -2.31. The second kappa shape index (κ2) is 8.94. The Hall–Kier alpha value is -2.21. The van der Waals surface area contributed by atoms with E-state index < -0.39 is 0 Å². The summed E-state index contributed by atoms with van der Waals surface area (Å²) in [4.78, 5) is 29.7. The Labute approximate surface area is 161 Å². The summed E-state index contributed by atoms with van der Waals surface area (Å²) in [6, 6.07) is 3.89. The molecule has 1 aliphatic heterocycles. The van der Waals surface area contributed by atoms with Gasteiger partial charge in [-0.25, -0.2) is 9.97 Å². The zero-order valence-electron chi connectivity index (χ0n) is 15.6. The molecule has 0 radical (unpaired) electrons. The standard InChI is InChI=1S/C19H25N5O.ClH/c1-14(2)18(25)23(3)13-17-16(15-6-8-20-9-7-15)12-21-19(22-17)24-10-4-5-11-24;/h6-9,12,14H,4-5,10-11,13H2,1-3H3;1H. The first-order valence-corrected chi connectivity index (χ1v) is 8.82. The largest absolute Gasteiger partial charge is 0.341 e. The fraction of sp³-hybridized carbons (Fsp3) is 0.474. The summed E-state index contributed by atoms with van der Waals surface area (Å²) < 4.78 is 0. The van der Waals surface area contributed by atoms with Gasteiger partial charge in [0.2, 0.25) is 11.9 Å². The quantitative estimate of drug-likeness (QED) is 0.803. The third kappa shape index (κ3) is 4.49. The minimum Gasteiger partial charge on any atom is -0.341 e. The highest BCUT2D eigenvalue weighted by Gasteiger charge is 2.20. The van der Waals surface area contributed by atoms with Crippen LogP contribution in [-0.4, -0.2) is 45.9 Å². The number of carbonyl (C=O) groups excluding carboxylic acids is 1. The van der Waals surface area contributed by atoms with Gasteiger partial charge >= 0.3 is 0 Å². The monoisotopic (exact) mass is 375 g/mol. The molecule has 2 aromatic heterocycles. The van der Waals surface area contributed by atoms with Gasteiger partial charge in [-0.2, -0.15) is 0 Å². The Balaban J connectivity index is 0.00000243. The second-order valence-electron chi connectivity index (χ2n) is 6.81. The highest BCUT2D eigenvalue weighted by atomic mass is 35.5. The Bertz CT molecular complexity index is 732. The van der Waals surface area contributed by atoms with Gasteiger partial charge in [0.05, 0.1) is 12.2 Å². The van der Waals surface area contributed by atoms with Gasteiger partial charge in [0, 0.05) is 50.2 Å². The van der Waals surface area contributed by atoms with Crippen molar-refractivity contribution in [3.63, 3.8) is 0 Å². The Kier molecular flexibility index (Phi) is 6.91. The van der Waals surface area contributed by atoms with Gasteiger partial charge in [0.1, 0.15) is 0 Å². The minimum atomic E-state index is -0.0331. The predicted octanol–water partition coefficient (Wildman–Crippen LogP) is 3.18. The van der Waals surface area contributed by atoms with Crippen LogP contribution in [0.15, 0.2) is 30.7 Å². The summed E-state index contributed by atoms with van der Waals surface area (Å²) >= 11 is 0. The van der Waals surface area contributed by atoms with Crippen LogP contribution in [0.1, 0.15) is 32.4 Å². The molecule has 0 unspecified atom stereocenters. The van der Waals surface area contributed by atoms with Crippen LogP contribution in [0.2, 0.25) is 0 Å². The number of anilines is 1. The van der Waals surface area contributed by atoms with E-state index in [9.17, 15) is 4.79 Å². The van der Waals surface area contributed by atoms with Crippen LogP contribution < -0.4 is 4.90 Å². The molecule has 0 bridgehead atoms. The average molecular weight is 376 g/mol. The van der Waals surface area contributed by atoms with Gasteiger partial charge in [-0.05, 0) is 30.5 Å². The van der Waals surface area contributed by atoms with E-state index in [4.69, 9.17) is 4.98 Å². The molecule has 7 heteroatoms. The molecule has 26 heavy (non-hydrogen) atoms. The predicted molar refractivity (Wildman–Crippen MR) is 105 cm³/mol. The number of carbonyl (C=O) groups is 1. The zero-order chi connectivity index (χ0) is 17.8. The van der Waals surface area contributed by atoms with Crippen molar-refractivity contribution in [2.75, 3.05) is 25.0 Å². The topological polar surface area (TPSA) is 62.2 Å². The fourth-order valence-electron chi connectivity index (χ4n) is 3.11. The first kappa shape index (κ1) is 20.1. The molecular weight excluding hydrogens is 350 g/mol. The number of hydrogen-bond donors (Lipinski definition) is 0. The molecule has 0 aromatic carbocycles. The van der Waals surface area contributed by atoms with Gasteiger partial charge in [-0.15, -0.1) is 12.4 Å². The van der Waals surface area contributed by atoms with E-state index in [-0.39, 0.29) is 24.2 Å². The third-order valence-electron chi connectivity index (χ3n) is 4.49. The van der Waals surface area contributed by atoms with Crippen LogP contribution in [0.3, 0.4) is 0 Å². The number of halogens is 1. The van der Waals surface area contributed by atoms with E-state index in [1.165, 1.54) is 12.8 Å². The maximum atomic E-state index is 12.3. The van der Waals surface area contributed by atoms with Crippen molar-refractivity contribution in [3.05, 3.63) is 36.4 Å². The Morgan fingerprint density at radius 2 is 1.88 bits per heavy atom. The SMILES string of the molecule is CC(C)C(=O)N(C)Cc1nc(N2CCCC2)ncc1-c1ccncc1.Cl. The van der Waals surface area contributed by atoms with Crippen LogP contribution in [-0.2, 0) is 11.3 Å². The molecular formula is C19H26ClN5O. The fourth-order valence-corrected chi connectivity index (χ4v) is 3.11. The van der Waals surface area contributed by atoms with Crippen LogP contribution in [0.5, 0.6) is 0 Å². The Morgan fingerprint density at radius 1 is 1.23 bits per heavy atom. The van der Waals surface area contributed by atoms with Gasteiger partial charge in [0.25, 0.3) is 0 Å². The molecule has 6 nitrogen and oxygen atoms in total. The molecule has 1 saturated heterocycles. The lowest BCUT2D eigenvalue weighted by Gasteiger charge is -2.22. The molecule has 2 aromatic rings. The molecule has 0 N–H and O–H groups in total. The summed E-state index contributed by atoms with van der Waals surface area (Å²) in [6.07, 6.45) is 7.75. The smallest absolute Gasteiger partial charge is 0.225 e. The van der Waals surface area contributed by atoms with Crippen LogP contribution >= 0.6 is 12.4 Å². The van der Waals surface area contributed by atoms with Crippen molar-refractivity contribution in [2.24, 2.45) is 5.92 Å². The third-order valence-corrected chi connectivity index (χ3v) is 4.49. The summed E-state index contributed by atoms with van der Waals surface area (Å²) in [6.45, 7) is 6.29. The van der Waals surface area contributed by atoms with E-state index in [1.807, 2.05) is 39.2 Å². The van der Waals surface area contributed by atoms with Crippen molar-refractivity contribution in [3.8, 4) is 11.1 Å². The van der Waals surface area contributed by atoms with Crippen molar-refractivity contribution < 1.29 is 4.79 Å². The average Bonchev–Trinajstić information content (AvgIpc) is 3.16. The molecule has 1 fully saturated rings. The molecule has 0 aliphatic carbocycles. The van der Waals surface area contributed by atoms with Gasteiger partial charge in [-0.1, -0.05) is 13.8 Å². The number of nitrogens with zero attached hydrogens (tertiary/aromatic N) is 5. The van der Waals surface area contributed by atoms with E-state index >= 15 is 0 Å². The molecule has 1 aliphatic rings. The summed E-state index contributed by atoms with van der Waals surface area (Å²) in [5, 5.41) is 0. The van der Waals surface area contributed by atoms with Crippen molar-refractivity contribution in [1.29, 1.82) is 0 Å². The first-order chi connectivity index (χ1) is 12.1. The van der Waals surface area contributed by atoms with E-state index in [1.54, 1.807) is 17.3 Å². The number of rotatable bonds is 5. The maximum absolute atomic E-state index is 12.3. The van der Waals surface area contributed by atoms with Crippen molar-refractivity contribution >= 4 is 24.3 Å². The van der Waals surface area contributed by atoms with Crippen LogP contribution in [0, 0.1) is 5.92 Å². The van der Waals surface area contributed by atoms with Gasteiger partial charge < -0.3 is 9.80 Å². The lowest BCUT2D eigenvalue weighted by molar-refractivity contribution is -0.133. The molecule has 1 amide bonds. The first-order valence-electron chi connectivity index (χ1n) is 8.82. The van der Waals surface area contributed by atoms with E-state index in [0.717, 1.165) is 35.9 Å². The van der Waals surface area contributed by atoms with E-state index in [0.29, 0.717) is 6.54 Å². The van der Waals surface area contributed by atoms with Crippen LogP contribution in [0.25, 0.3) is 11.1 Å². The zero-order valence-corrected chi connectivity index (χ0v) is 16.4. The van der Waals surface area contributed by atoms with Crippen LogP contribution in [0.4, 0.5) is 5.95 Å².